The third-order valence-electron chi connectivity index (χ3n) is 10.7. The molecule has 11 rings (SSSR count). The van der Waals surface area contributed by atoms with Gasteiger partial charge < -0.3 is 9.47 Å². The minimum absolute atomic E-state index is 1.11. The van der Waals surface area contributed by atoms with E-state index in [4.69, 9.17) is 0 Å². The monoisotopic (exact) mass is 692 g/mol. The van der Waals surface area contributed by atoms with E-state index < -0.39 is 0 Å². The molecule has 53 heavy (non-hydrogen) atoms. The van der Waals surface area contributed by atoms with Gasteiger partial charge in [-0.15, -0.1) is 11.3 Å². The fraction of sp³-hybridized carbons (Fsp3) is 0. The molecule has 0 aliphatic rings. The summed E-state index contributed by atoms with van der Waals surface area (Å²) in [7, 11) is 0. The number of benzene rings is 9. The molecule has 0 aliphatic heterocycles. The maximum absolute atomic E-state index is 2.46. The van der Waals surface area contributed by atoms with E-state index in [9.17, 15) is 0 Å². The van der Waals surface area contributed by atoms with Gasteiger partial charge in [0.2, 0.25) is 0 Å². The second kappa shape index (κ2) is 11.9. The highest BCUT2D eigenvalue weighted by molar-refractivity contribution is 7.26. The van der Waals surface area contributed by atoms with Gasteiger partial charge in [-0.2, -0.15) is 0 Å². The summed E-state index contributed by atoms with van der Waals surface area (Å²) in [4.78, 5) is 2.45. The molecule has 0 saturated heterocycles. The quantitative estimate of drug-likeness (QED) is 0.174. The third-order valence-corrected chi connectivity index (χ3v) is 11.9. The Labute approximate surface area is 311 Å². The third kappa shape index (κ3) is 4.78. The van der Waals surface area contributed by atoms with E-state index in [1.165, 1.54) is 80.3 Å². The minimum Gasteiger partial charge on any atom is -0.310 e. The van der Waals surface area contributed by atoms with E-state index in [0.29, 0.717) is 0 Å². The highest BCUT2D eigenvalue weighted by Crippen LogP contribution is 2.47. The number of para-hydroxylation sites is 1. The van der Waals surface area contributed by atoms with Crippen molar-refractivity contribution in [3.8, 4) is 16.8 Å². The van der Waals surface area contributed by atoms with Crippen molar-refractivity contribution in [1.29, 1.82) is 0 Å². The minimum atomic E-state index is 1.11. The molecule has 0 bridgehead atoms. The van der Waals surface area contributed by atoms with Crippen LogP contribution in [0.15, 0.2) is 194 Å². The Morgan fingerprint density at radius 3 is 1.92 bits per heavy atom. The number of anilines is 3. The standard InChI is InChI=1S/C50H32N2S/c1-3-13-33(14-4-1)35-18-11-21-39(29-35)52-46-31-37-17-8-7-16-36(37)30-44(46)42-28-26-40(32-47(42)52)51(38-19-5-2-6-20-38)45-23-12-24-48-49(45)43-27-25-34-15-9-10-22-41(34)50(43)53-48/h1-32H. The van der Waals surface area contributed by atoms with Gasteiger partial charge in [-0.25, -0.2) is 0 Å². The molecule has 2 nitrogen and oxygen atoms in total. The van der Waals surface area contributed by atoms with E-state index in [-0.39, 0.29) is 0 Å². The first-order chi connectivity index (χ1) is 26.3. The molecule has 248 valence electrons. The molecule has 0 aliphatic carbocycles. The molecule has 0 saturated carbocycles. The van der Waals surface area contributed by atoms with Crippen LogP contribution in [0.2, 0.25) is 0 Å². The van der Waals surface area contributed by atoms with E-state index in [2.05, 4.69) is 204 Å². The lowest BCUT2D eigenvalue weighted by Gasteiger charge is -2.26. The fourth-order valence-electron chi connectivity index (χ4n) is 8.29. The van der Waals surface area contributed by atoms with Crippen molar-refractivity contribution in [3.05, 3.63) is 194 Å². The number of nitrogens with zero attached hydrogens (tertiary/aromatic N) is 2. The van der Waals surface area contributed by atoms with Gasteiger partial charge in [0.05, 0.1) is 16.7 Å². The van der Waals surface area contributed by atoms with Crippen molar-refractivity contribution in [1.82, 2.24) is 4.57 Å². The summed E-state index contributed by atoms with van der Waals surface area (Å²) in [6.45, 7) is 0. The molecular formula is C50H32N2S. The van der Waals surface area contributed by atoms with Gasteiger partial charge in [-0.1, -0.05) is 133 Å². The number of thiophene rings is 1. The molecule has 0 radical (unpaired) electrons. The smallest absolute Gasteiger partial charge is 0.0561 e. The lowest BCUT2D eigenvalue weighted by molar-refractivity contribution is 1.18. The molecular weight excluding hydrogens is 661 g/mol. The molecule has 11 aromatic rings. The average Bonchev–Trinajstić information content (AvgIpc) is 3.77. The van der Waals surface area contributed by atoms with Crippen LogP contribution in [0.5, 0.6) is 0 Å². The highest BCUT2D eigenvalue weighted by Gasteiger charge is 2.21. The second-order valence-electron chi connectivity index (χ2n) is 13.8. The predicted molar refractivity (Wildman–Crippen MR) is 229 cm³/mol. The van der Waals surface area contributed by atoms with Gasteiger partial charge in [0, 0.05) is 48.0 Å². The molecule has 0 fully saturated rings. The number of aromatic nitrogens is 1. The Hall–Kier alpha value is -6.68. The van der Waals surface area contributed by atoms with E-state index in [1.807, 2.05) is 11.3 Å². The number of hydrogen-bond acceptors (Lipinski definition) is 2. The summed E-state index contributed by atoms with van der Waals surface area (Å²) in [5.74, 6) is 0. The molecule has 0 amide bonds. The number of rotatable bonds is 5. The average molecular weight is 693 g/mol. The van der Waals surface area contributed by atoms with Gasteiger partial charge in [0.25, 0.3) is 0 Å². The van der Waals surface area contributed by atoms with Crippen LogP contribution >= 0.6 is 11.3 Å². The summed E-state index contributed by atoms with van der Waals surface area (Å²) in [5, 5.41) is 10.1. The van der Waals surface area contributed by atoms with E-state index in [0.717, 1.165) is 17.1 Å². The van der Waals surface area contributed by atoms with E-state index in [1.54, 1.807) is 0 Å². The Morgan fingerprint density at radius 1 is 0.396 bits per heavy atom. The summed E-state index contributed by atoms with van der Waals surface area (Å²) >= 11 is 1.89. The molecule has 3 heteroatoms. The summed E-state index contributed by atoms with van der Waals surface area (Å²) in [6, 6.07) is 71.0. The van der Waals surface area contributed by atoms with Crippen molar-refractivity contribution < 1.29 is 0 Å². The Kier molecular flexibility index (Phi) is 6.76. The molecule has 0 N–H and O–H groups in total. The van der Waals surface area contributed by atoms with Gasteiger partial charge in [-0.3, -0.25) is 0 Å². The summed E-state index contributed by atoms with van der Waals surface area (Å²) < 4.78 is 5.08. The molecule has 0 atom stereocenters. The van der Waals surface area contributed by atoms with Gasteiger partial charge in [0.15, 0.2) is 0 Å². The maximum atomic E-state index is 2.46. The maximum Gasteiger partial charge on any atom is 0.0561 e. The topological polar surface area (TPSA) is 8.17 Å². The van der Waals surface area contributed by atoms with Crippen LogP contribution in [0.1, 0.15) is 0 Å². The number of hydrogen-bond donors (Lipinski definition) is 0. The first-order valence-corrected chi connectivity index (χ1v) is 18.9. The van der Waals surface area contributed by atoms with Gasteiger partial charge >= 0.3 is 0 Å². The zero-order valence-electron chi connectivity index (χ0n) is 28.8. The highest BCUT2D eigenvalue weighted by atomic mass is 32.1. The van der Waals surface area contributed by atoms with Crippen molar-refractivity contribution in [2.24, 2.45) is 0 Å². The van der Waals surface area contributed by atoms with Crippen LogP contribution in [0, 0.1) is 0 Å². The zero-order chi connectivity index (χ0) is 34.9. The first kappa shape index (κ1) is 30.0. The molecule has 9 aromatic carbocycles. The first-order valence-electron chi connectivity index (χ1n) is 18.1. The van der Waals surface area contributed by atoms with Crippen LogP contribution in [0.3, 0.4) is 0 Å². The molecule has 2 heterocycles. The summed E-state index contributed by atoms with van der Waals surface area (Å²) in [6.07, 6.45) is 0. The normalized spacial score (nSPS) is 11.8. The van der Waals surface area contributed by atoms with Gasteiger partial charge in [-0.05, 0) is 93.3 Å². The zero-order valence-corrected chi connectivity index (χ0v) is 29.6. The largest absolute Gasteiger partial charge is 0.310 e. The van der Waals surface area contributed by atoms with Crippen molar-refractivity contribution in [2.75, 3.05) is 4.90 Å². The number of fused-ring (bicyclic) bond motifs is 9. The summed E-state index contributed by atoms with van der Waals surface area (Å²) in [5.41, 5.74) is 9.34. The van der Waals surface area contributed by atoms with Crippen LogP contribution in [-0.2, 0) is 0 Å². The molecule has 2 aromatic heterocycles. The Balaban J connectivity index is 1.20. The van der Waals surface area contributed by atoms with Crippen LogP contribution in [-0.4, -0.2) is 4.57 Å². The van der Waals surface area contributed by atoms with Crippen LogP contribution in [0.25, 0.3) is 80.3 Å². The lowest BCUT2D eigenvalue weighted by Crippen LogP contribution is -2.10. The molecule has 0 unspecified atom stereocenters. The SMILES string of the molecule is c1ccc(-c2cccc(-n3c4cc(N(c5ccccc5)c5cccc6sc7c8ccccc8ccc7c56)ccc4c4cc5ccccc5cc43)c2)cc1. The van der Waals surface area contributed by atoms with Gasteiger partial charge in [0.1, 0.15) is 0 Å². The Bertz CT molecular complexity index is 3170. The van der Waals surface area contributed by atoms with Crippen molar-refractivity contribution in [2.45, 2.75) is 0 Å². The molecule has 0 spiro atoms. The second-order valence-corrected chi connectivity index (χ2v) is 14.8. The van der Waals surface area contributed by atoms with Crippen LogP contribution < -0.4 is 4.90 Å². The lowest BCUT2D eigenvalue weighted by atomic mass is 10.0. The van der Waals surface area contributed by atoms with Crippen molar-refractivity contribution >= 4 is 91.9 Å². The van der Waals surface area contributed by atoms with E-state index >= 15 is 0 Å². The Morgan fingerprint density at radius 2 is 1.08 bits per heavy atom. The van der Waals surface area contributed by atoms with Crippen molar-refractivity contribution in [3.63, 3.8) is 0 Å². The van der Waals surface area contributed by atoms with Crippen LogP contribution in [0.4, 0.5) is 17.1 Å². The fourth-order valence-corrected chi connectivity index (χ4v) is 9.55. The predicted octanol–water partition coefficient (Wildman–Crippen LogP) is 14.6.